The highest BCUT2D eigenvalue weighted by Gasteiger charge is 2.30. The molecule has 0 spiro atoms. The van der Waals surface area contributed by atoms with E-state index in [1.165, 1.54) is 0 Å². The Bertz CT molecular complexity index is 503. The zero-order valence-electron chi connectivity index (χ0n) is 12.2. The first-order chi connectivity index (χ1) is 10.4. The van der Waals surface area contributed by atoms with Crippen LogP contribution >= 0.6 is 0 Å². The van der Waals surface area contributed by atoms with Crippen LogP contribution in [0.1, 0.15) is 55.8 Å². The topological polar surface area (TPSA) is 46.5 Å². The van der Waals surface area contributed by atoms with Crippen LogP contribution in [-0.2, 0) is 4.74 Å². The maximum Gasteiger partial charge on any atom is 0.344 e. The number of ether oxygens (including phenoxy) is 1. The van der Waals surface area contributed by atoms with Crippen LogP contribution in [0, 0.1) is 23.3 Å². The van der Waals surface area contributed by atoms with Gasteiger partial charge in [0.05, 0.1) is 6.61 Å². The minimum atomic E-state index is -2.02. The molecule has 1 aromatic carbocycles. The van der Waals surface area contributed by atoms with Crippen molar-refractivity contribution >= 4 is 5.97 Å². The van der Waals surface area contributed by atoms with Gasteiger partial charge in [0.1, 0.15) is 5.56 Å². The van der Waals surface area contributed by atoms with Crippen molar-refractivity contribution in [3.63, 3.8) is 0 Å². The highest BCUT2D eigenvalue weighted by atomic mass is 19.2. The number of hydrogen-bond acceptors (Lipinski definition) is 3. The molecule has 7 heteroatoms. The lowest BCUT2D eigenvalue weighted by atomic mass is 10.1. The first kappa shape index (κ1) is 18.3. The smallest absolute Gasteiger partial charge is 0.344 e. The predicted octanol–water partition coefficient (Wildman–Crippen LogP) is 4.47. The van der Waals surface area contributed by atoms with Gasteiger partial charge in [-0.15, -0.1) is 0 Å². The van der Waals surface area contributed by atoms with Gasteiger partial charge in [-0.3, -0.25) is 0 Å². The van der Waals surface area contributed by atoms with E-state index >= 15 is 0 Å². The molecule has 3 nitrogen and oxygen atoms in total. The van der Waals surface area contributed by atoms with Gasteiger partial charge in [-0.2, -0.15) is 8.78 Å². The molecule has 0 aliphatic heterocycles. The average Bonchev–Trinajstić information content (AvgIpc) is 2.50. The van der Waals surface area contributed by atoms with Gasteiger partial charge in [0.25, 0.3) is 0 Å². The molecule has 1 aromatic rings. The second kappa shape index (κ2) is 8.60. The number of benzene rings is 1. The number of carbonyl (C=O) groups is 1. The molecule has 0 aliphatic carbocycles. The highest BCUT2D eigenvalue weighted by molar-refractivity contribution is 5.90. The van der Waals surface area contributed by atoms with E-state index < -0.39 is 40.6 Å². The first-order valence-electron chi connectivity index (χ1n) is 7.13. The normalized spacial score (nSPS) is 10.8. The van der Waals surface area contributed by atoms with Gasteiger partial charge < -0.3 is 9.84 Å². The van der Waals surface area contributed by atoms with Crippen LogP contribution in [0.2, 0.25) is 0 Å². The Morgan fingerprint density at radius 2 is 1.41 bits per heavy atom. The van der Waals surface area contributed by atoms with Gasteiger partial charge in [-0.05, 0) is 6.42 Å². The minimum absolute atomic E-state index is 0.103. The summed E-state index contributed by atoms with van der Waals surface area (Å²) < 4.78 is 57.7. The molecule has 0 aliphatic rings. The summed E-state index contributed by atoms with van der Waals surface area (Å²) in [4.78, 5) is 11.5. The fraction of sp³-hybridized carbons (Fsp3) is 0.533. The fourth-order valence-corrected chi connectivity index (χ4v) is 1.92. The van der Waals surface area contributed by atoms with Gasteiger partial charge in [0.2, 0.25) is 11.6 Å². The van der Waals surface area contributed by atoms with Crippen LogP contribution in [0.4, 0.5) is 17.6 Å². The van der Waals surface area contributed by atoms with E-state index in [2.05, 4.69) is 11.7 Å². The molecular formula is C15H18F4O3. The third-order valence-electron chi connectivity index (χ3n) is 3.18. The van der Waals surface area contributed by atoms with Crippen LogP contribution in [0.15, 0.2) is 0 Å². The predicted molar refractivity (Wildman–Crippen MR) is 71.6 cm³/mol. The molecule has 0 aromatic heterocycles. The van der Waals surface area contributed by atoms with Crippen molar-refractivity contribution in [1.29, 1.82) is 0 Å². The van der Waals surface area contributed by atoms with Crippen molar-refractivity contribution in [3.8, 4) is 5.75 Å². The SMILES string of the molecule is CCCCCCCCOC(=O)c1c(F)c(F)c(O)c(F)c1F. The second-order valence-electron chi connectivity index (χ2n) is 4.88. The molecule has 1 N–H and O–H groups in total. The van der Waals surface area contributed by atoms with Gasteiger partial charge >= 0.3 is 5.97 Å². The number of esters is 1. The Kier molecular flexibility index (Phi) is 7.14. The Morgan fingerprint density at radius 1 is 0.909 bits per heavy atom. The summed E-state index contributed by atoms with van der Waals surface area (Å²) in [7, 11) is 0. The number of phenols is 1. The summed E-state index contributed by atoms with van der Waals surface area (Å²) in [5.41, 5.74) is -1.47. The van der Waals surface area contributed by atoms with Crippen molar-refractivity contribution in [1.82, 2.24) is 0 Å². The minimum Gasteiger partial charge on any atom is -0.503 e. The summed E-state index contributed by atoms with van der Waals surface area (Å²) in [6, 6.07) is 0. The number of halogens is 4. The van der Waals surface area contributed by atoms with Crippen LogP contribution in [0.5, 0.6) is 5.75 Å². The summed E-state index contributed by atoms with van der Waals surface area (Å²) >= 11 is 0. The summed E-state index contributed by atoms with van der Waals surface area (Å²) in [6.45, 7) is 1.97. The molecule has 1 rings (SSSR count). The molecule has 0 bridgehead atoms. The average molecular weight is 322 g/mol. The van der Waals surface area contributed by atoms with Gasteiger partial charge in [-0.25, -0.2) is 13.6 Å². The maximum absolute atomic E-state index is 13.4. The maximum atomic E-state index is 13.4. The van der Waals surface area contributed by atoms with Gasteiger partial charge in [0, 0.05) is 0 Å². The second-order valence-corrected chi connectivity index (χ2v) is 4.88. The van der Waals surface area contributed by atoms with E-state index in [0.717, 1.165) is 32.1 Å². The van der Waals surface area contributed by atoms with E-state index in [1.54, 1.807) is 0 Å². The fourth-order valence-electron chi connectivity index (χ4n) is 1.92. The molecule has 124 valence electrons. The van der Waals surface area contributed by atoms with Crippen molar-refractivity contribution in [2.24, 2.45) is 0 Å². The number of unbranched alkanes of at least 4 members (excludes halogenated alkanes) is 5. The van der Waals surface area contributed by atoms with Crippen molar-refractivity contribution in [2.45, 2.75) is 45.4 Å². The van der Waals surface area contributed by atoms with E-state index in [4.69, 9.17) is 5.11 Å². The first-order valence-corrected chi connectivity index (χ1v) is 7.13. The molecule has 0 atom stereocenters. The Hall–Kier alpha value is -1.79. The Labute approximate surface area is 125 Å². The quantitative estimate of drug-likeness (QED) is 0.332. The van der Waals surface area contributed by atoms with E-state index in [9.17, 15) is 22.4 Å². The largest absolute Gasteiger partial charge is 0.503 e. The van der Waals surface area contributed by atoms with Crippen LogP contribution in [0.3, 0.4) is 0 Å². The zero-order chi connectivity index (χ0) is 16.7. The third kappa shape index (κ3) is 4.35. The van der Waals surface area contributed by atoms with Crippen LogP contribution in [0.25, 0.3) is 0 Å². The lowest BCUT2D eigenvalue weighted by molar-refractivity contribution is 0.0483. The summed E-state index contributed by atoms with van der Waals surface area (Å²) in [5, 5.41) is 8.81. The monoisotopic (exact) mass is 322 g/mol. The van der Waals surface area contributed by atoms with Gasteiger partial charge in [0.15, 0.2) is 17.4 Å². The molecule has 0 unspecified atom stereocenters. The van der Waals surface area contributed by atoms with Crippen molar-refractivity contribution in [2.75, 3.05) is 6.61 Å². The zero-order valence-corrected chi connectivity index (χ0v) is 12.2. The number of hydrogen-bond donors (Lipinski definition) is 1. The van der Waals surface area contributed by atoms with Gasteiger partial charge in [-0.1, -0.05) is 39.0 Å². The van der Waals surface area contributed by atoms with E-state index in [1.807, 2.05) is 0 Å². The third-order valence-corrected chi connectivity index (χ3v) is 3.18. The lowest BCUT2D eigenvalue weighted by Gasteiger charge is -2.09. The van der Waals surface area contributed by atoms with Crippen LogP contribution in [-0.4, -0.2) is 17.7 Å². The number of carbonyl (C=O) groups excluding carboxylic acids is 1. The van der Waals surface area contributed by atoms with Crippen molar-refractivity contribution in [3.05, 3.63) is 28.8 Å². The summed E-state index contributed by atoms with van der Waals surface area (Å²) in [5.74, 6) is -11.3. The highest BCUT2D eigenvalue weighted by Crippen LogP contribution is 2.29. The Balaban J connectivity index is 2.60. The molecular weight excluding hydrogens is 304 g/mol. The molecule has 0 radical (unpaired) electrons. The van der Waals surface area contributed by atoms with E-state index in [0.29, 0.717) is 6.42 Å². The Morgan fingerprint density at radius 3 is 1.95 bits per heavy atom. The number of rotatable bonds is 8. The lowest BCUT2D eigenvalue weighted by Crippen LogP contribution is -2.14. The molecule has 0 heterocycles. The van der Waals surface area contributed by atoms with Crippen molar-refractivity contribution < 1.29 is 32.2 Å². The van der Waals surface area contributed by atoms with Crippen LogP contribution < -0.4 is 0 Å². The summed E-state index contributed by atoms with van der Waals surface area (Å²) in [6.07, 6.45) is 5.44. The number of phenolic OH excluding ortho intramolecular Hbond substituents is 1. The molecule has 0 saturated heterocycles. The number of aromatic hydroxyl groups is 1. The molecule has 22 heavy (non-hydrogen) atoms. The molecule has 0 amide bonds. The molecule has 0 saturated carbocycles. The van der Waals surface area contributed by atoms with E-state index in [-0.39, 0.29) is 6.61 Å². The standard InChI is InChI=1S/C15H18F4O3/c1-2-3-4-5-6-7-8-22-15(21)9-10(16)12(18)14(20)13(19)11(9)17/h20H,2-8H2,1H3. The molecule has 0 fully saturated rings.